The number of hydrogen-bond donors (Lipinski definition) is 3. The maximum absolute atomic E-state index is 12.6. The molecule has 0 saturated carbocycles. The number of anilines is 3. The molecule has 1 aliphatic heterocycles. The number of thioether (sulfide) groups is 1. The van der Waals surface area contributed by atoms with Gasteiger partial charge in [-0.05, 0) is 36.4 Å². The Kier molecular flexibility index (Phi) is 4.69. The van der Waals surface area contributed by atoms with Crippen molar-refractivity contribution < 1.29 is 18.0 Å². The number of carbonyl (C=O) groups is 2. The minimum atomic E-state index is -3.83. The molecule has 2 aromatic carbocycles. The van der Waals surface area contributed by atoms with Gasteiger partial charge in [0.1, 0.15) is 0 Å². The third kappa shape index (κ3) is 4.12. The van der Waals surface area contributed by atoms with Gasteiger partial charge in [-0.3, -0.25) is 14.3 Å². The zero-order chi connectivity index (χ0) is 18.0. The summed E-state index contributed by atoms with van der Waals surface area (Å²) in [6.45, 7) is 1.37. The van der Waals surface area contributed by atoms with Crippen LogP contribution in [0.25, 0.3) is 0 Å². The molecule has 7 nitrogen and oxygen atoms in total. The van der Waals surface area contributed by atoms with E-state index in [-0.39, 0.29) is 16.7 Å². The molecule has 3 rings (SSSR count). The van der Waals surface area contributed by atoms with Gasteiger partial charge in [-0.15, -0.1) is 11.8 Å². The summed E-state index contributed by atoms with van der Waals surface area (Å²) in [5, 5.41) is 5.26. The maximum Gasteiger partial charge on any atom is 0.261 e. The zero-order valence-corrected chi connectivity index (χ0v) is 14.8. The first-order chi connectivity index (χ1) is 11.8. The van der Waals surface area contributed by atoms with Crippen LogP contribution in [0.2, 0.25) is 0 Å². The Morgan fingerprint density at radius 1 is 1.16 bits per heavy atom. The Bertz CT molecular complexity index is 958. The van der Waals surface area contributed by atoms with E-state index in [0.717, 1.165) is 4.90 Å². The lowest BCUT2D eigenvalue weighted by Gasteiger charge is -2.17. The van der Waals surface area contributed by atoms with Crippen LogP contribution in [-0.4, -0.2) is 26.0 Å². The van der Waals surface area contributed by atoms with Crippen LogP contribution < -0.4 is 15.4 Å². The van der Waals surface area contributed by atoms with Crippen molar-refractivity contribution in [2.45, 2.75) is 16.7 Å². The predicted octanol–water partition coefficient (Wildman–Crippen LogP) is 2.49. The third-order valence-electron chi connectivity index (χ3n) is 3.33. The van der Waals surface area contributed by atoms with Gasteiger partial charge >= 0.3 is 0 Å². The van der Waals surface area contributed by atoms with E-state index in [1.165, 1.54) is 36.9 Å². The van der Waals surface area contributed by atoms with E-state index in [4.69, 9.17) is 0 Å². The Morgan fingerprint density at radius 3 is 2.68 bits per heavy atom. The number of hydrogen-bond acceptors (Lipinski definition) is 5. The minimum absolute atomic E-state index is 0.0407. The summed E-state index contributed by atoms with van der Waals surface area (Å²) in [6.07, 6.45) is 0. The van der Waals surface area contributed by atoms with Crippen molar-refractivity contribution in [1.29, 1.82) is 0 Å². The molecular formula is C16H15N3O4S2. The van der Waals surface area contributed by atoms with Crippen molar-refractivity contribution in [2.75, 3.05) is 21.1 Å². The molecular weight excluding hydrogens is 362 g/mol. The van der Waals surface area contributed by atoms with Crippen molar-refractivity contribution >= 4 is 50.7 Å². The van der Waals surface area contributed by atoms with E-state index in [0.29, 0.717) is 22.8 Å². The second-order valence-corrected chi connectivity index (χ2v) is 8.06. The summed E-state index contributed by atoms with van der Waals surface area (Å²) in [6, 6.07) is 11.0. The second-order valence-electron chi connectivity index (χ2n) is 5.36. The van der Waals surface area contributed by atoms with E-state index in [1.807, 2.05) is 0 Å². The Labute approximate surface area is 149 Å². The lowest BCUT2D eigenvalue weighted by molar-refractivity contribution is -0.114. The van der Waals surface area contributed by atoms with Crippen LogP contribution in [0.5, 0.6) is 0 Å². The molecule has 2 amide bonds. The number of rotatable bonds is 4. The van der Waals surface area contributed by atoms with Gasteiger partial charge in [0.15, 0.2) is 0 Å². The van der Waals surface area contributed by atoms with Gasteiger partial charge in [-0.25, -0.2) is 8.42 Å². The second kappa shape index (κ2) is 6.77. The van der Waals surface area contributed by atoms with E-state index >= 15 is 0 Å². The molecule has 130 valence electrons. The number of benzene rings is 2. The van der Waals surface area contributed by atoms with Crippen molar-refractivity contribution in [3.63, 3.8) is 0 Å². The van der Waals surface area contributed by atoms with Crippen LogP contribution in [0, 0.1) is 0 Å². The standard InChI is InChI=1S/C16H15N3O4S2/c1-10(20)17-11-3-2-4-12(7-11)19-25(22,23)13-5-6-15-14(8-13)18-16(21)9-24-15/h2-8,19H,9H2,1H3,(H,17,20)(H,18,21). The summed E-state index contributed by atoms with van der Waals surface area (Å²) >= 11 is 1.36. The van der Waals surface area contributed by atoms with Crippen molar-refractivity contribution in [2.24, 2.45) is 0 Å². The highest BCUT2D eigenvalue weighted by Crippen LogP contribution is 2.33. The van der Waals surface area contributed by atoms with Crippen LogP contribution in [-0.2, 0) is 19.6 Å². The quantitative estimate of drug-likeness (QED) is 0.759. The van der Waals surface area contributed by atoms with Gasteiger partial charge in [0.25, 0.3) is 10.0 Å². The van der Waals surface area contributed by atoms with Crippen molar-refractivity contribution in [3.8, 4) is 0 Å². The van der Waals surface area contributed by atoms with E-state index in [9.17, 15) is 18.0 Å². The molecule has 0 atom stereocenters. The van der Waals surface area contributed by atoms with Gasteiger partial charge < -0.3 is 10.6 Å². The van der Waals surface area contributed by atoms with Crippen LogP contribution in [0.1, 0.15) is 6.92 Å². The Balaban J connectivity index is 1.86. The summed E-state index contributed by atoms with van der Waals surface area (Å²) in [4.78, 5) is 23.4. The fourth-order valence-electron chi connectivity index (χ4n) is 2.31. The predicted molar refractivity (Wildman–Crippen MR) is 97.3 cm³/mol. The molecule has 0 bridgehead atoms. The number of fused-ring (bicyclic) bond motifs is 1. The number of sulfonamides is 1. The van der Waals surface area contributed by atoms with Gasteiger partial charge in [-0.1, -0.05) is 6.07 Å². The lowest BCUT2D eigenvalue weighted by Crippen LogP contribution is -2.20. The number of carbonyl (C=O) groups excluding carboxylic acids is 2. The van der Waals surface area contributed by atoms with Crippen molar-refractivity contribution in [1.82, 2.24) is 0 Å². The van der Waals surface area contributed by atoms with Crippen LogP contribution in [0.15, 0.2) is 52.3 Å². The summed E-state index contributed by atoms with van der Waals surface area (Å²) in [5.41, 5.74) is 1.29. The minimum Gasteiger partial charge on any atom is -0.326 e. The average Bonchev–Trinajstić information content (AvgIpc) is 2.53. The Morgan fingerprint density at radius 2 is 1.92 bits per heavy atom. The first-order valence-electron chi connectivity index (χ1n) is 7.31. The summed E-state index contributed by atoms with van der Waals surface area (Å²) in [5.74, 6) is -0.0984. The molecule has 2 aromatic rings. The molecule has 25 heavy (non-hydrogen) atoms. The van der Waals surface area contributed by atoms with E-state index in [1.54, 1.807) is 24.3 Å². The monoisotopic (exact) mass is 377 g/mol. The van der Waals surface area contributed by atoms with Crippen molar-refractivity contribution in [3.05, 3.63) is 42.5 Å². The van der Waals surface area contributed by atoms with Gasteiger partial charge in [0.05, 0.1) is 22.0 Å². The van der Waals surface area contributed by atoms with Crippen LogP contribution in [0.3, 0.4) is 0 Å². The molecule has 0 aliphatic carbocycles. The molecule has 0 aromatic heterocycles. The Hall–Kier alpha value is -2.52. The molecule has 9 heteroatoms. The normalized spacial score (nSPS) is 13.6. The van der Waals surface area contributed by atoms with Gasteiger partial charge in [0, 0.05) is 17.5 Å². The molecule has 3 N–H and O–H groups in total. The molecule has 1 heterocycles. The van der Waals surface area contributed by atoms with Crippen LogP contribution >= 0.6 is 11.8 Å². The summed E-state index contributed by atoms with van der Waals surface area (Å²) in [7, 11) is -3.83. The average molecular weight is 377 g/mol. The van der Waals surface area contributed by atoms with E-state index < -0.39 is 10.0 Å². The zero-order valence-electron chi connectivity index (χ0n) is 13.2. The first kappa shape index (κ1) is 17.3. The molecule has 0 radical (unpaired) electrons. The fourth-order valence-corrected chi connectivity index (χ4v) is 4.17. The highest BCUT2D eigenvalue weighted by molar-refractivity contribution is 8.00. The van der Waals surface area contributed by atoms with Gasteiger partial charge in [0.2, 0.25) is 11.8 Å². The highest BCUT2D eigenvalue weighted by Gasteiger charge is 2.20. The van der Waals surface area contributed by atoms with E-state index in [2.05, 4.69) is 15.4 Å². The molecule has 0 saturated heterocycles. The summed E-state index contributed by atoms with van der Waals surface area (Å²) < 4.78 is 27.6. The molecule has 0 fully saturated rings. The smallest absolute Gasteiger partial charge is 0.261 e. The number of nitrogens with one attached hydrogen (secondary N) is 3. The lowest BCUT2D eigenvalue weighted by atomic mass is 10.3. The largest absolute Gasteiger partial charge is 0.326 e. The maximum atomic E-state index is 12.6. The fraction of sp³-hybridized carbons (Fsp3) is 0.125. The highest BCUT2D eigenvalue weighted by atomic mass is 32.2. The van der Waals surface area contributed by atoms with Crippen LogP contribution in [0.4, 0.5) is 17.1 Å². The SMILES string of the molecule is CC(=O)Nc1cccc(NS(=O)(=O)c2ccc3c(c2)NC(=O)CS3)c1. The molecule has 0 unspecified atom stereocenters. The third-order valence-corrected chi connectivity index (χ3v) is 5.78. The topological polar surface area (TPSA) is 104 Å². The first-order valence-corrected chi connectivity index (χ1v) is 9.77. The molecule has 1 aliphatic rings. The van der Waals surface area contributed by atoms with Gasteiger partial charge in [-0.2, -0.15) is 0 Å². The number of amides is 2. The molecule has 0 spiro atoms.